The van der Waals surface area contributed by atoms with Crippen LogP contribution < -0.4 is 4.90 Å². The maximum Gasteiger partial charge on any atom is 0.282 e. The molecule has 8 nitrogen and oxygen atoms in total. The van der Waals surface area contributed by atoms with Gasteiger partial charge in [0.15, 0.2) is 5.65 Å². The van der Waals surface area contributed by atoms with Crippen LogP contribution in [0.25, 0.3) is 17.0 Å². The lowest BCUT2D eigenvalue weighted by Crippen LogP contribution is -2.42. The van der Waals surface area contributed by atoms with E-state index in [4.69, 9.17) is 4.36 Å². The first-order valence-corrected chi connectivity index (χ1v) is 12.6. The lowest BCUT2D eigenvalue weighted by Gasteiger charge is -2.35. The second kappa shape index (κ2) is 9.05. The van der Waals surface area contributed by atoms with E-state index in [0.717, 1.165) is 13.0 Å². The third-order valence-electron chi connectivity index (χ3n) is 5.73. The van der Waals surface area contributed by atoms with Crippen molar-refractivity contribution in [3.8, 4) is 11.4 Å². The molecule has 2 atom stereocenters. The number of halogens is 2. The lowest BCUT2D eigenvalue weighted by atomic mass is 9.96. The first-order chi connectivity index (χ1) is 15.3. The van der Waals surface area contributed by atoms with Crippen molar-refractivity contribution in [1.29, 1.82) is 0 Å². The minimum absolute atomic E-state index is 0.0318. The monoisotopic (exact) mass is 463 g/mol. The number of aromatic nitrogens is 5. The molecule has 0 aromatic carbocycles. The molecule has 0 spiro atoms. The zero-order valence-electron chi connectivity index (χ0n) is 18.4. The van der Waals surface area contributed by atoms with Gasteiger partial charge < -0.3 is 4.90 Å². The van der Waals surface area contributed by atoms with Crippen molar-refractivity contribution in [2.75, 3.05) is 29.5 Å². The molecular weight excluding hydrogens is 436 g/mol. The summed E-state index contributed by atoms with van der Waals surface area (Å²) in [6, 6.07) is 4.56. The van der Waals surface area contributed by atoms with Gasteiger partial charge in [-0.25, -0.2) is 36.8 Å². The van der Waals surface area contributed by atoms with Crippen molar-refractivity contribution in [3.05, 3.63) is 36.4 Å². The number of anilines is 1. The van der Waals surface area contributed by atoms with E-state index >= 15 is 0 Å². The van der Waals surface area contributed by atoms with Gasteiger partial charge in [0.2, 0.25) is 0 Å². The number of piperidine rings is 1. The molecule has 3 aromatic heterocycles. The maximum absolute atomic E-state index is 13.1. The number of imidazole rings is 1. The molecule has 0 radical (unpaired) electrons. The second-order valence-corrected chi connectivity index (χ2v) is 11.0. The van der Waals surface area contributed by atoms with E-state index in [2.05, 4.69) is 31.9 Å². The summed E-state index contributed by atoms with van der Waals surface area (Å²) in [6.45, 7) is 7.40. The standard InChI is InChI=1S/C21H27F2N7OS/c1-4-32(31,5-2)28-15-8-14(3)11-29(12-15)20-9-17(25-13-26-20)18-10-24-19-7-6-16(21(22)23)27-30(18)19/h6-7,9-10,13-15,21H,4-5,8,11-12H2,1-3H3. The fourth-order valence-corrected chi connectivity index (χ4v) is 5.45. The molecule has 1 saturated heterocycles. The van der Waals surface area contributed by atoms with Crippen molar-refractivity contribution in [2.24, 2.45) is 10.3 Å². The molecule has 1 fully saturated rings. The zero-order valence-corrected chi connectivity index (χ0v) is 19.2. The molecule has 172 valence electrons. The molecule has 32 heavy (non-hydrogen) atoms. The van der Waals surface area contributed by atoms with Crippen molar-refractivity contribution >= 4 is 21.2 Å². The number of alkyl halides is 2. The predicted octanol–water partition coefficient (Wildman–Crippen LogP) is 3.85. The highest BCUT2D eigenvalue weighted by Crippen LogP contribution is 2.27. The Bertz CT molecular complexity index is 1210. The summed E-state index contributed by atoms with van der Waals surface area (Å²) in [4.78, 5) is 15.1. The van der Waals surface area contributed by atoms with Gasteiger partial charge in [-0.3, -0.25) is 0 Å². The molecule has 4 rings (SSSR count). The van der Waals surface area contributed by atoms with Gasteiger partial charge in [0.25, 0.3) is 6.43 Å². The Morgan fingerprint density at radius 1 is 1.19 bits per heavy atom. The first kappa shape index (κ1) is 22.5. The van der Waals surface area contributed by atoms with Gasteiger partial charge in [-0.1, -0.05) is 20.8 Å². The van der Waals surface area contributed by atoms with Crippen molar-refractivity contribution in [3.63, 3.8) is 0 Å². The molecule has 0 aliphatic carbocycles. The Labute approximate surface area is 186 Å². The van der Waals surface area contributed by atoms with E-state index < -0.39 is 16.2 Å². The molecular formula is C21H27F2N7OS. The van der Waals surface area contributed by atoms with Gasteiger partial charge in [-0.05, 0) is 24.5 Å². The third kappa shape index (κ3) is 4.57. The summed E-state index contributed by atoms with van der Waals surface area (Å²) in [6.07, 6.45) is 1.23. The van der Waals surface area contributed by atoms with Gasteiger partial charge >= 0.3 is 0 Å². The van der Waals surface area contributed by atoms with Crippen LogP contribution in [-0.2, 0) is 9.73 Å². The van der Waals surface area contributed by atoms with Gasteiger partial charge in [-0.15, -0.1) is 0 Å². The van der Waals surface area contributed by atoms with Crippen LogP contribution in [0.1, 0.15) is 39.3 Å². The van der Waals surface area contributed by atoms with Gasteiger partial charge in [0.05, 0.1) is 17.9 Å². The average Bonchev–Trinajstić information content (AvgIpc) is 3.22. The molecule has 1 aliphatic heterocycles. The van der Waals surface area contributed by atoms with Gasteiger partial charge in [-0.2, -0.15) is 5.10 Å². The molecule has 11 heteroatoms. The SMILES string of the molecule is CCS(=O)(CC)=NC1CC(C)CN(c2cc(-c3cnc4ccc(C(F)F)nn34)ncn2)C1. The van der Waals surface area contributed by atoms with Crippen LogP contribution >= 0.6 is 0 Å². The van der Waals surface area contributed by atoms with Gasteiger partial charge in [0, 0.05) is 40.4 Å². The summed E-state index contributed by atoms with van der Waals surface area (Å²) in [7, 11) is -2.19. The largest absolute Gasteiger partial charge is 0.354 e. The highest BCUT2D eigenvalue weighted by Gasteiger charge is 2.27. The molecule has 0 amide bonds. The summed E-state index contributed by atoms with van der Waals surface area (Å²) in [5, 5.41) is 4.02. The molecule has 0 N–H and O–H groups in total. The quantitative estimate of drug-likeness (QED) is 0.552. The molecule has 4 heterocycles. The summed E-state index contributed by atoms with van der Waals surface area (Å²) >= 11 is 0. The van der Waals surface area contributed by atoms with Crippen molar-refractivity contribution in [1.82, 2.24) is 24.6 Å². The third-order valence-corrected chi connectivity index (χ3v) is 8.21. The predicted molar refractivity (Wildman–Crippen MR) is 120 cm³/mol. The molecule has 0 bridgehead atoms. The average molecular weight is 464 g/mol. The molecule has 0 saturated carbocycles. The Balaban J connectivity index is 1.67. The fourth-order valence-electron chi connectivity index (χ4n) is 4.05. The maximum atomic E-state index is 13.1. The highest BCUT2D eigenvalue weighted by atomic mass is 32.2. The minimum atomic E-state index is -2.67. The molecule has 2 unspecified atom stereocenters. The minimum Gasteiger partial charge on any atom is -0.354 e. The lowest BCUT2D eigenvalue weighted by molar-refractivity contribution is 0.144. The van der Waals surface area contributed by atoms with Crippen LogP contribution in [0.2, 0.25) is 0 Å². The highest BCUT2D eigenvalue weighted by molar-refractivity contribution is 7.93. The summed E-state index contributed by atoms with van der Waals surface area (Å²) in [5.41, 5.74) is 1.19. The van der Waals surface area contributed by atoms with Crippen LogP contribution in [0.4, 0.5) is 14.6 Å². The number of hydrogen-bond donors (Lipinski definition) is 0. The van der Waals surface area contributed by atoms with Crippen molar-refractivity contribution in [2.45, 2.75) is 39.7 Å². The van der Waals surface area contributed by atoms with Crippen LogP contribution in [0.3, 0.4) is 0 Å². The van der Waals surface area contributed by atoms with Gasteiger partial charge in [0.1, 0.15) is 23.5 Å². The Kier molecular flexibility index (Phi) is 6.36. The van der Waals surface area contributed by atoms with E-state index in [-0.39, 0.29) is 11.7 Å². The molecule has 3 aromatic rings. The summed E-state index contributed by atoms with van der Waals surface area (Å²) in [5.74, 6) is 2.17. The van der Waals surface area contributed by atoms with E-state index in [1.165, 1.54) is 23.0 Å². The number of rotatable bonds is 6. The number of fused-ring (bicyclic) bond motifs is 1. The van der Waals surface area contributed by atoms with E-state index in [9.17, 15) is 13.0 Å². The normalized spacial score (nSPS) is 19.6. The van der Waals surface area contributed by atoms with Crippen LogP contribution in [0.5, 0.6) is 0 Å². The van der Waals surface area contributed by atoms with Crippen molar-refractivity contribution < 1.29 is 13.0 Å². The Hall–Kier alpha value is -2.69. The Morgan fingerprint density at radius 3 is 2.69 bits per heavy atom. The molecule has 1 aliphatic rings. The smallest absolute Gasteiger partial charge is 0.282 e. The number of nitrogens with zero attached hydrogens (tertiary/aromatic N) is 7. The first-order valence-electron chi connectivity index (χ1n) is 10.7. The topological polar surface area (TPSA) is 88.6 Å². The van der Waals surface area contributed by atoms with Crippen LogP contribution in [0.15, 0.2) is 35.1 Å². The van der Waals surface area contributed by atoms with E-state index in [1.807, 2.05) is 19.9 Å². The van der Waals surface area contributed by atoms with Crippen LogP contribution in [0, 0.1) is 5.92 Å². The van der Waals surface area contributed by atoms with E-state index in [0.29, 0.717) is 46.8 Å². The van der Waals surface area contributed by atoms with Crippen LogP contribution in [-0.4, -0.2) is 59.4 Å². The summed E-state index contributed by atoms with van der Waals surface area (Å²) < 4.78 is 45.2. The van der Waals surface area contributed by atoms with E-state index in [1.54, 1.807) is 6.20 Å². The second-order valence-electron chi connectivity index (χ2n) is 8.09. The Morgan fingerprint density at radius 2 is 1.97 bits per heavy atom. The number of hydrogen-bond acceptors (Lipinski definition) is 7. The zero-order chi connectivity index (χ0) is 22.9. The fraction of sp³-hybridized carbons (Fsp3) is 0.524.